The minimum absolute atomic E-state index is 0.0701. The fraction of sp³-hybridized carbons (Fsp3) is 0.750. The summed E-state index contributed by atoms with van der Waals surface area (Å²) in [6.07, 6.45) is 0.356. The van der Waals surface area contributed by atoms with Gasteiger partial charge in [0.05, 0.1) is 0 Å². The Labute approximate surface area is 71.7 Å². The molecule has 0 aliphatic carbocycles. The summed E-state index contributed by atoms with van der Waals surface area (Å²) in [5.41, 5.74) is -0.776. The second-order valence-electron chi connectivity index (χ2n) is 3.75. The zero-order valence-electron chi connectivity index (χ0n) is 7.60. The summed E-state index contributed by atoms with van der Waals surface area (Å²) >= 11 is 0. The van der Waals surface area contributed by atoms with Crippen molar-refractivity contribution in [1.82, 2.24) is 10.6 Å². The number of rotatable bonds is 0. The molecule has 0 aromatic carbocycles. The second-order valence-corrected chi connectivity index (χ2v) is 3.75. The first-order chi connectivity index (χ1) is 5.42. The number of nitrogens with one attached hydrogen (secondary N) is 2. The molecule has 4 heteroatoms. The van der Waals surface area contributed by atoms with Crippen molar-refractivity contribution in [2.75, 3.05) is 0 Å². The molecule has 1 heterocycles. The first-order valence-corrected chi connectivity index (χ1v) is 4.04. The Kier molecular flexibility index (Phi) is 2.08. The van der Waals surface area contributed by atoms with Crippen molar-refractivity contribution in [2.45, 2.75) is 38.8 Å². The van der Waals surface area contributed by atoms with Crippen LogP contribution in [0.25, 0.3) is 0 Å². The van der Waals surface area contributed by atoms with Gasteiger partial charge >= 0.3 is 0 Å². The predicted octanol–water partition coefficient (Wildman–Crippen LogP) is -0.210. The van der Waals surface area contributed by atoms with E-state index in [1.807, 2.05) is 6.92 Å². The van der Waals surface area contributed by atoms with Gasteiger partial charge < -0.3 is 10.6 Å². The normalized spacial score (nSPS) is 28.8. The number of hydrogen-bond acceptors (Lipinski definition) is 2. The maximum absolute atomic E-state index is 11.4. The minimum atomic E-state index is -0.776. The Hall–Kier alpha value is -1.06. The van der Waals surface area contributed by atoms with Crippen molar-refractivity contribution in [1.29, 1.82) is 0 Å². The quantitative estimate of drug-likeness (QED) is 0.528. The smallest absolute Gasteiger partial charge is 0.245 e. The van der Waals surface area contributed by atoms with Crippen LogP contribution in [0.2, 0.25) is 0 Å². The van der Waals surface area contributed by atoms with Gasteiger partial charge in [-0.15, -0.1) is 0 Å². The summed E-state index contributed by atoms with van der Waals surface area (Å²) in [6.45, 7) is 5.20. The molecule has 1 saturated heterocycles. The summed E-state index contributed by atoms with van der Waals surface area (Å²) in [6, 6.07) is -0.0701. The fourth-order valence-electron chi connectivity index (χ4n) is 1.19. The van der Waals surface area contributed by atoms with Gasteiger partial charge in [0.2, 0.25) is 11.8 Å². The Bertz CT molecular complexity index is 223. The van der Waals surface area contributed by atoms with Gasteiger partial charge in [0.15, 0.2) is 0 Å². The number of carbonyl (C=O) groups is 2. The van der Waals surface area contributed by atoms with Gasteiger partial charge in [0.25, 0.3) is 0 Å². The van der Waals surface area contributed by atoms with E-state index in [0.29, 0.717) is 6.42 Å². The van der Waals surface area contributed by atoms with Gasteiger partial charge in [0, 0.05) is 12.5 Å². The molecule has 1 rings (SSSR count). The van der Waals surface area contributed by atoms with Crippen LogP contribution in [0.3, 0.4) is 0 Å². The van der Waals surface area contributed by atoms with E-state index in [4.69, 9.17) is 0 Å². The summed E-state index contributed by atoms with van der Waals surface area (Å²) in [5, 5.41) is 5.39. The maximum atomic E-state index is 11.4. The Morgan fingerprint density at radius 2 is 2.00 bits per heavy atom. The lowest BCUT2D eigenvalue weighted by Crippen LogP contribution is -2.52. The molecule has 2 N–H and O–H groups in total. The summed E-state index contributed by atoms with van der Waals surface area (Å²) in [5.74, 6) is -0.202. The molecule has 4 nitrogen and oxygen atoms in total. The Morgan fingerprint density at radius 1 is 1.42 bits per heavy atom. The van der Waals surface area contributed by atoms with Crippen molar-refractivity contribution in [2.24, 2.45) is 0 Å². The van der Waals surface area contributed by atoms with E-state index >= 15 is 0 Å². The highest BCUT2D eigenvalue weighted by atomic mass is 16.2. The van der Waals surface area contributed by atoms with E-state index < -0.39 is 5.54 Å². The highest BCUT2D eigenvalue weighted by molar-refractivity contribution is 5.93. The lowest BCUT2D eigenvalue weighted by Gasteiger charge is -2.21. The molecule has 0 bridgehead atoms. The van der Waals surface area contributed by atoms with Gasteiger partial charge in [-0.25, -0.2) is 0 Å². The fourth-order valence-corrected chi connectivity index (χ4v) is 1.19. The van der Waals surface area contributed by atoms with Gasteiger partial charge in [-0.1, -0.05) is 0 Å². The molecular weight excluding hydrogens is 156 g/mol. The van der Waals surface area contributed by atoms with Crippen molar-refractivity contribution in [3.05, 3.63) is 0 Å². The van der Waals surface area contributed by atoms with Crippen LogP contribution in [-0.4, -0.2) is 23.4 Å². The SMILES string of the molecule is CC1CC(=O)NC(C)(C)C(=O)N1. The van der Waals surface area contributed by atoms with Gasteiger partial charge in [-0.3, -0.25) is 9.59 Å². The van der Waals surface area contributed by atoms with E-state index in [1.165, 1.54) is 0 Å². The van der Waals surface area contributed by atoms with Crippen LogP contribution in [0.4, 0.5) is 0 Å². The highest BCUT2D eigenvalue weighted by Gasteiger charge is 2.33. The van der Waals surface area contributed by atoms with E-state index in [-0.39, 0.29) is 17.9 Å². The molecule has 1 unspecified atom stereocenters. The number of carbonyl (C=O) groups excluding carboxylic acids is 2. The van der Waals surface area contributed by atoms with Gasteiger partial charge in [-0.2, -0.15) is 0 Å². The van der Waals surface area contributed by atoms with E-state index in [1.54, 1.807) is 13.8 Å². The minimum Gasteiger partial charge on any atom is -0.351 e. The van der Waals surface area contributed by atoms with Crippen molar-refractivity contribution >= 4 is 11.8 Å². The molecule has 1 aliphatic heterocycles. The summed E-state index contributed by atoms with van der Waals surface area (Å²) in [4.78, 5) is 22.5. The van der Waals surface area contributed by atoms with E-state index in [2.05, 4.69) is 10.6 Å². The zero-order valence-corrected chi connectivity index (χ0v) is 7.60. The largest absolute Gasteiger partial charge is 0.351 e. The summed E-state index contributed by atoms with van der Waals surface area (Å²) in [7, 11) is 0. The average molecular weight is 170 g/mol. The predicted molar refractivity (Wildman–Crippen MR) is 44.4 cm³/mol. The molecule has 2 amide bonds. The van der Waals surface area contributed by atoms with Crippen LogP contribution < -0.4 is 10.6 Å². The van der Waals surface area contributed by atoms with Crippen molar-refractivity contribution in [3.63, 3.8) is 0 Å². The Balaban J connectivity index is 2.82. The van der Waals surface area contributed by atoms with Gasteiger partial charge in [0.1, 0.15) is 5.54 Å². The standard InChI is InChI=1S/C8H14N2O2/c1-5-4-6(11)10-8(2,3)7(12)9-5/h5H,4H2,1-3H3,(H,9,12)(H,10,11). The van der Waals surface area contributed by atoms with Crippen LogP contribution in [0.1, 0.15) is 27.2 Å². The topological polar surface area (TPSA) is 58.2 Å². The first kappa shape index (κ1) is 9.03. The summed E-state index contributed by atoms with van der Waals surface area (Å²) < 4.78 is 0. The lowest BCUT2D eigenvalue weighted by atomic mass is 10.1. The molecule has 0 aromatic heterocycles. The molecule has 0 spiro atoms. The van der Waals surface area contributed by atoms with E-state index in [0.717, 1.165) is 0 Å². The third-order valence-corrected chi connectivity index (χ3v) is 1.89. The molecule has 68 valence electrons. The number of hydrogen-bond donors (Lipinski definition) is 2. The number of amides is 2. The average Bonchev–Trinajstić information content (AvgIpc) is 1.89. The van der Waals surface area contributed by atoms with Crippen molar-refractivity contribution < 1.29 is 9.59 Å². The van der Waals surface area contributed by atoms with Gasteiger partial charge in [-0.05, 0) is 20.8 Å². The molecule has 1 fully saturated rings. The molecule has 1 atom stereocenters. The van der Waals surface area contributed by atoms with Crippen LogP contribution in [-0.2, 0) is 9.59 Å². The van der Waals surface area contributed by atoms with Crippen LogP contribution >= 0.6 is 0 Å². The third-order valence-electron chi connectivity index (χ3n) is 1.89. The van der Waals surface area contributed by atoms with Crippen LogP contribution in [0, 0.1) is 0 Å². The third kappa shape index (κ3) is 1.75. The molecule has 0 saturated carbocycles. The molecule has 1 aliphatic rings. The monoisotopic (exact) mass is 170 g/mol. The van der Waals surface area contributed by atoms with E-state index in [9.17, 15) is 9.59 Å². The van der Waals surface area contributed by atoms with Crippen LogP contribution in [0.5, 0.6) is 0 Å². The maximum Gasteiger partial charge on any atom is 0.245 e. The Morgan fingerprint density at radius 3 is 2.58 bits per heavy atom. The highest BCUT2D eigenvalue weighted by Crippen LogP contribution is 2.08. The van der Waals surface area contributed by atoms with Crippen molar-refractivity contribution in [3.8, 4) is 0 Å². The zero-order chi connectivity index (χ0) is 9.35. The molecule has 0 aromatic rings. The molecule has 12 heavy (non-hydrogen) atoms. The van der Waals surface area contributed by atoms with Crippen LogP contribution in [0.15, 0.2) is 0 Å². The molecule has 0 radical (unpaired) electrons. The molecular formula is C8H14N2O2. The first-order valence-electron chi connectivity index (χ1n) is 4.04. The lowest BCUT2D eigenvalue weighted by molar-refractivity contribution is -0.129. The second kappa shape index (κ2) is 2.77.